The van der Waals surface area contributed by atoms with Crippen LogP contribution in [0.4, 0.5) is 0 Å². The highest BCUT2D eigenvalue weighted by molar-refractivity contribution is 6.74. The van der Waals surface area contributed by atoms with Gasteiger partial charge in [-0.1, -0.05) is 39.8 Å². The van der Waals surface area contributed by atoms with E-state index < -0.39 is 8.32 Å². The van der Waals surface area contributed by atoms with Gasteiger partial charge in [-0.3, -0.25) is 0 Å². The summed E-state index contributed by atoms with van der Waals surface area (Å²) in [6.45, 7) is 13.7. The third kappa shape index (κ3) is 5.49. The van der Waals surface area contributed by atoms with Crippen molar-refractivity contribution in [2.24, 2.45) is 0 Å². The monoisotopic (exact) mass is 230 g/mol. The molecule has 0 aliphatic heterocycles. The highest BCUT2D eigenvalue weighted by atomic mass is 28.4. The van der Waals surface area contributed by atoms with Crippen LogP contribution in [0.5, 0.6) is 0 Å². The Labute approximate surface area is 95.5 Å². The Kier molecular flexibility index (Phi) is 5.78. The molecule has 0 saturated carbocycles. The van der Waals surface area contributed by atoms with Crippen molar-refractivity contribution in [3.8, 4) is 0 Å². The van der Waals surface area contributed by atoms with Gasteiger partial charge in [0.1, 0.15) is 0 Å². The average Bonchev–Trinajstić information content (AvgIpc) is 2.10. The van der Waals surface area contributed by atoms with Crippen molar-refractivity contribution < 1.29 is 9.53 Å². The molecule has 0 aliphatic carbocycles. The van der Waals surface area contributed by atoms with E-state index in [0.717, 1.165) is 6.42 Å². The van der Waals surface area contributed by atoms with Crippen molar-refractivity contribution in [1.82, 2.24) is 0 Å². The number of hydrogen-bond donors (Lipinski definition) is 1. The minimum Gasteiger partial charge on any atom is -0.413 e. The smallest absolute Gasteiger partial charge is 0.192 e. The van der Waals surface area contributed by atoms with Crippen LogP contribution in [0.1, 0.15) is 34.1 Å². The first-order valence-corrected chi connectivity index (χ1v) is 8.60. The van der Waals surface area contributed by atoms with E-state index in [0.29, 0.717) is 6.61 Å². The van der Waals surface area contributed by atoms with E-state index in [2.05, 4.69) is 33.9 Å². The van der Waals surface area contributed by atoms with Gasteiger partial charge in [0.15, 0.2) is 8.32 Å². The van der Waals surface area contributed by atoms with E-state index in [4.69, 9.17) is 4.43 Å². The Morgan fingerprint density at radius 3 is 2.27 bits per heavy atom. The second kappa shape index (κ2) is 5.82. The summed E-state index contributed by atoms with van der Waals surface area (Å²) in [7, 11) is -1.62. The lowest BCUT2D eigenvalue weighted by molar-refractivity contribution is 0.217. The molecule has 1 atom stereocenters. The quantitative estimate of drug-likeness (QED) is 0.580. The van der Waals surface area contributed by atoms with Crippen LogP contribution in [0.15, 0.2) is 12.2 Å². The number of rotatable bonds is 5. The number of hydrogen-bond acceptors (Lipinski definition) is 2. The lowest BCUT2D eigenvalue weighted by Crippen LogP contribution is -2.40. The Hall–Kier alpha value is -0.123. The largest absolute Gasteiger partial charge is 0.413 e. The predicted molar refractivity (Wildman–Crippen MR) is 68.6 cm³/mol. The van der Waals surface area contributed by atoms with E-state index in [-0.39, 0.29) is 11.1 Å². The van der Waals surface area contributed by atoms with Crippen LogP contribution in [0.3, 0.4) is 0 Å². The Morgan fingerprint density at radius 1 is 1.33 bits per heavy atom. The molecule has 1 N–H and O–H groups in total. The molecule has 0 aromatic rings. The molecule has 0 aromatic carbocycles. The fourth-order valence-corrected chi connectivity index (χ4v) is 1.77. The van der Waals surface area contributed by atoms with Crippen molar-refractivity contribution in [3.05, 3.63) is 12.2 Å². The average molecular weight is 230 g/mol. The first kappa shape index (κ1) is 14.9. The maximum absolute atomic E-state index is 9.32. The Bertz CT molecular complexity index is 204. The van der Waals surface area contributed by atoms with E-state index in [1.807, 2.05) is 19.1 Å². The predicted octanol–water partition coefficient (Wildman–Crippen LogP) is 3.34. The Morgan fingerprint density at radius 2 is 1.87 bits per heavy atom. The Balaban J connectivity index is 4.01. The fourth-order valence-electron chi connectivity index (χ4n) is 0.822. The van der Waals surface area contributed by atoms with Crippen LogP contribution in [0.2, 0.25) is 18.1 Å². The first-order valence-electron chi connectivity index (χ1n) is 5.69. The van der Waals surface area contributed by atoms with Crippen LogP contribution in [0.25, 0.3) is 0 Å². The van der Waals surface area contributed by atoms with Crippen molar-refractivity contribution in [1.29, 1.82) is 0 Å². The second-order valence-corrected chi connectivity index (χ2v) is 10.3. The van der Waals surface area contributed by atoms with E-state index in [1.54, 1.807) is 0 Å². The van der Waals surface area contributed by atoms with Gasteiger partial charge in [-0.25, -0.2) is 0 Å². The van der Waals surface area contributed by atoms with Crippen molar-refractivity contribution >= 4 is 8.32 Å². The number of aliphatic hydroxyl groups excluding tert-OH is 1. The third-order valence-corrected chi connectivity index (χ3v) is 7.62. The molecule has 0 amide bonds. The summed E-state index contributed by atoms with van der Waals surface area (Å²) < 4.78 is 5.93. The van der Waals surface area contributed by atoms with Gasteiger partial charge in [0, 0.05) is 0 Å². The SMILES string of the molecule is CCC(O)/C=C/CO[Si](C)(C)C(C)(C)C. The molecule has 0 aliphatic rings. The van der Waals surface area contributed by atoms with E-state index in [9.17, 15) is 5.11 Å². The molecule has 0 saturated heterocycles. The molecule has 0 rings (SSSR count). The van der Waals surface area contributed by atoms with Gasteiger partial charge >= 0.3 is 0 Å². The zero-order valence-corrected chi connectivity index (χ0v) is 12.0. The summed E-state index contributed by atoms with van der Waals surface area (Å²) in [5, 5.41) is 9.57. The van der Waals surface area contributed by atoms with Crippen molar-refractivity contribution in [3.63, 3.8) is 0 Å². The normalized spacial score (nSPS) is 15.9. The van der Waals surface area contributed by atoms with Gasteiger partial charge in [0.25, 0.3) is 0 Å². The zero-order chi connectivity index (χ0) is 12.1. The first-order chi connectivity index (χ1) is 6.70. The highest BCUT2D eigenvalue weighted by Crippen LogP contribution is 2.36. The maximum Gasteiger partial charge on any atom is 0.192 e. The molecule has 1 unspecified atom stereocenters. The summed E-state index contributed by atoms with van der Waals surface area (Å²) in [6.07, 6.45) is 4.17. The van der Waals surface area contributed by atoms with E-state index >= 15 is 0 Å². The van der Waals surface area contributed by atoms with Crippen LogP contribution in [-0.2, 0) is 4.43 Å². The fraction of sp³-hybridized carbons (Fsp3) is 0.833. The second-order valence-electron chi connectivity index (χ2n) is 5.48. The minimum atomic E-state index is -1.62. The zero-order valence-electron chi connectivity index (χ0n) is 11.0. The van der Waals surface area contributed by atoms with Crippen LogP contribution < -0.4 is 0 Å². The molecular weight excluding hydrogens is 204 g/mol. The van der Waals surface area contributed by atoms with Gasteiger partial charge in [0.2, 0.25) is 0 Å². The van der Waals surface area contributed by atoms with Crippen LogP contribution in [-0.4, -0.2) is 26.1 Å². The van der Waals surface area contributed by atoms with Gasteiger partial charge in [-0.2, -0.15) is 0 Å². The van der Waals surface area contributed by atoms with Crippen molar-refractivity contribution in [2.75, 3.05) is 6.61 Å². The van der Waals surface area contributed by atoms with Crippen molar-refractivity contribution in [2.45, 2.75) is 58.4 Å². The van der Waals surface area contributed by atoms with Crippen LogP contribution >= 0.6 is 0 Å². The minimum absolute atomic E-state index is 0.254. The summed E-state index contributed by atoms with van der Waals surface area (Å²) >= 11 is 0. The molecule has 90 valence electrons. The molecule has 2 nitrogen and oxygen atoms in total. The summed E-state index contributed by atoms with van der Waals surface area (Å²) in [5.74, 6) is 0. The lowest BCUT2D eigenvalue weighted by Gasteiger charge is -2.35. The molecule has 0 fully saturated rings. The number of aliphatic hydroxyl groups is 1. The highest BCUT2D eigenvalue weighted by Gasteiger charge is 2.36. The molecule has 0 heterocycles. The summed E-state index contributed by atoms with van der Waals surface area (Å²) in [5.41, 5.74) is 0. The van der Waals surface area contributed by atoms with Crippen LogP contribution in [0, 0.1) is 0 Å². The molecule has 0 bridgehead atoms. The van der Waals surface area contributed by atoms with Gasteiger partial charge < -0.3 is 9.53 Å². The van der Waals surface area contributed by atoms with Gasteiger partial charge in [-0.05, 0) is 24.6 Å². The topological polar surface area (TPSA) is 29.5 Å². The third-order valence-electron chi connectivity index (χ3n) is 3.12. The molecule has 15 heavy (non-hydrogen) atoms. The molecule has 0 aromatic heterocycles. The summed E-state index contributed by atoms with van der Waals surface area (Å²) in [6, 6.07) is 0. The lowest BCUT2D eigenvalue weighted by atomic mass is 10.2. The maximum atomic E-state index is 9.32. The molecule has 0 radical (unpaired) electrons. The molecule has 0 spiro atoms. The molecule has 3 heteroatoms. The van der Waals surface area contributed by atoms with Gasteiger partial charge in [-0.15, -0.1) is 0 Å². The summed E-state index contributed by atoms with van der Waals surface area (Å²) in [4.78, 5) is 0. The van der Waals surface area contributed by atoms with Gasteiger partial charge in [0.05, 0.1) is 12.7 Å². The standard InChI is InChI=1S/C12H26O2Si/c1-7-11(13)9-8-10-14-15(5,6)12(2,3)4/h8-9,11,13H,7,10H2,1-6H3/b9-8+. The molecular formula is C12H26O2Si. The van der Waals surface area contributed by atoms with E-state index in [1.165, 1.54) is 0 Å².